The SMILES string of the molecule is COC(=O)c1ccccc1-c1ccc(/C=C2/SC(=S)N(c3ccccc3C)C2=O)o1. The Hall–Kier alpha value is -3.16. The van der Waals surface area contributed by atoms with Crippen LogP contribution in [0.2, 0.25) is 0 Å². The van der Waals surface area contributed by atoms with E-state index in [2.05, 4.69) is 0 Å². The lowest BCUT2D eigenvalue weighted by molar-refractivity contribution is -0.113. The van der Waals surface area contributed by atoms with Crippen LogP contribution >= 0.6 is 24.0 Å². The number of amides is 1. The molecule has 0 unspecified atom stereocenters. The minimum absolute atomic E-state index is 0.188. The lowest BCUT2D eigenvalue weighted by atomic mass is 10.1. The first-order chi connectivity index (χ1) is 14.5. The molecule has 0 atom stereocenters. The Morgan fingerprint density at radius 2 is 1.83 bits per heavy atom. The van der Waals surface area contributed by atoms with Gasteiger partial charge in [-0.15, -0.1) is 0 Å². The number of carbonyl (C=O) groups excluding carboxylic acids is 2. The fourth-order valence-corrected chi connectivity index (χ4v) is 4.44. The fraction of sp³-hybridized carbons (Fsp3) is 0.0870. The molecule has 30 heavy (non-hydrogen) atoms. The van der Waals surface area contributed by atoms with Crippen molar-refractivity contribution in [1.29, 1.82) is 0 Å². The monoisotopic (exact) mass is 435 g/mol. The second kappa shape index (κ2) is 8.30. The van der Waals surface area contributed by atoms with Crippen molar-refractivity contribution in [3.63, 3.8) is 0 Å². The maximum Gasteiger partial charge on any atom is 0.338 e. The molecule has 1 amide bonds. The van der Waals surface area contributed by atoms with E-state index in [0.717, 1.165) is 11.3 Å². The van der Waals surface area contributed by atoms with Gasteiger partial charge in [-0.05, 0) is 36.8 Å². The highest BCUT2D eigenvalue weighted by atomic mass is 32.2. The molecule has 3 aromatic rings. The van der Waals surface area contributed by atoms with Crippen LogP contribution in [0.25, 0.3) is 17.4 Å². The molecule has 0 bridgehead atoms. The van der Waals surface area contributed by atoms with Crippen LogP contribution in [0.3, 0.4) is 0 Å². The Labute approximate surface area is 183 Å². The Morgan fingerprint density at radius 1 is 1.10 bits per heavy atom. The number of ether oxygens (including phenoxy) is 1. The molecule has 1 aliphatic heterocycles. The number of furan rings is 1. The summed E-state index contributed by atoms with van der Waals surface area (Å²) < 4.78 is 11.2. The number of anilines is 1. The summed E-state index contributed by atoms with van der Waals surface area (Å²) in [6.07, 6.45) is 1.67. The van der Waals surface area contributed by atoms with Gasteiger partial charge in [0.15, 0.2) is 4.32 Å². The number of benzene rings is 2. The molecule has 5 nitrogen and oxygen atoms in total. The fourth-order valence-electron chi connectivity index (χ4n) is 3.18. The zero-order chi connectivity index (χ0) is 21.3. The molecule has 1 aromatic heterocycles. The second-order valence-electron chi connectivity index (χ2n) is 6.54. The number of esters is 1. The second-order valence-corrected chi connectivity index (χ2v) is 8.22. The van der Waals surface area contributed by atoms with Crippen molar-refractivity contribution in [2.75, 3.05) is 12.0 Å². The molecule has 7 heteroatoms. The Kier molecular flexibility index (Phi) is 5.57. The zero-order valence-corrected chi connectivity index (χ0v) is 17.9. The van der Waals surface area contributed by atoms with Crippen LogP contribution in [0.15, 0.2) is 70.0 Å². The standard InChI is InChI=1S/C23H17NO4S2/c1-14-7-3-6-10-18(14)24-21(25)20(30-23(24)29)13-15-11-12-19(28-15)16-8-4-5-9-17(16)22(26)27-2/h3-13H,1-2H3/b20-13+. The van der Waals surface area contributed by atoms with Crippen molar-refractivity contribution in [2.24, 2.45) is 0 Å². The predicted octanol–water partition coefficient (Wildman–Crippen LogP) is 5.45. The van der Waals surface area contributed by atoms with Crippen molar-refractivity contribution >= 4 is 51.9 Å². The third-order valence-corrected chi connectivity index (χ3v) is 5.95. The van der Waals surface area contributed by atoms with E-state index in [9.17, 15) is 9.59 Å². The molecule has 0 spiro atoms. The number of hydrogen-bond donors (Lipinski definition) is 0. The summed E-state index contributed by atoms with van der Waals surface area (Å²) in [4.78, 5) is 27.0. The minimum atomic E-state index is -0.442. The average Bonchev–Trinajstić information content (AvgIpc) is 3.32. The third kappa shape index (κ3) is 3.69. The van der Waals surface area contributed by atoms with Crippen LogP contribution in [-0.2, 0) is 9.53 Å². The van der Waals surface area contributed by atoms with Crippen LogP contribution in [0.4, 0.5) is 5.69 Å². The van der Waals surface area contributed by atoms with Gasteiger partial charge in [0.1, 0.15) is 11.5 Å². The summed E-state index contributed by atoms with van der Waals surface area (Å²) in [6, 6.07) is 18.2. The highest BCUT2D eigenvalue weighted by molar-refractivity contribution is 8.27. The van der Waals surface area contributed by atoms with Crippen LogP contribution < -0.4 is 4.90 Å². The number of thiocarbonyl (C=S) groups is 1. The molecule has 1 aliphatic rings. The third-order valence-electron chi connectivity index (χ3n) is 4.65. The molecule has 1 saturated heterocycles. The smallest absolute Gasteiger partial charge is 0.338 e. The van der Waals surface area contributed by atoms with E-state index in [-0.39, 0.29) is 5.91 Å². The summed E-state index contributed by atoms with van der Waals surface area (Å²) >= 11 is 6.67. The highest BCUT2D eigenvalue weighted by Gasteiger charge is 2.34. The van der Waals surface area contributed by atoms with Gasteiger partial charge in [0.2, 0.25) is 0 Å². The summed E-state index contributed by atoms with van der Waals surface area (Å²) in [5.74, 6) is 0.376. The summed E-state index contributed by atoms with van der Waals surface area (Å²) in [7, 11) is 1.34. The van der Waals surface area contributed by atoms with Crippen molar-refractivity contribution in [3.8, 4) is 11.3 Å². The van der Waals surface area contributed by atoms with E-state index in [1.165, 1.54) is 23.8 Å². The van der Waals surface area contributed by atoms with Crippen LogP contribution in [0.1, 0.15) is 21.7 Å². The van der Waals surface area contributed by atoms with Gasteiger partial charge >= 0.3 is 5.97 Å². The van der Waals surface area contributed by atoms with Crippen molar-refractivity contribution in [3.05, 3.63) is 82.5 Å². The number of para-hydroxylation sites is 1. The Balaban J connectivity index is 1.65. The molecule has 150 valence electrons. The molecular weight excluding hydrogens is 418 g/mol. The van der Waals surface area contributed by atoms with E-state index < -0.39 is 5.97 Å². The number of nitrogens with zero attached hydrogens (tertiary/aromatic N) is 1. The van der Waals surface area contributed by atoms with Crippen LogP contribution in [0.5, 0.6) is 0 Å². The van der Waals surface area contributed by atoms with Crippen LogP contribution in [-0.4, -0.2) is 23.3 Å². The molecule has 0 saturated carbocycles. The molecule has 2 aromatic carbocycles. The first-order valence-electron chi connectivity index (χ1n) is 9.10. The topological polar surface area (TPSA) is 59.8 Å². The number of thioether (sulfide) groups is 1. The van der Waals surface area contributed by atoms with Crippen LogP contribution in [0, 0.1) is 6.92 Å². The molecule has 0 radical (unpaired) electrons. The summed E-state index contributed by atoms with van der Waals surface area (Å²) in [5, 5.41) is 0. The first-order valence-corrected chi connectivity index (χ1v) is 10.3. The number of methoxy groups -OCH3 is 1. The number of rotatable bonds is 4. The highest BCUT2D eigenvalue weighted by Crippen LogP contribution is 2.38. The summed E-state index contributed by atoms with van der Waals surface area (Å²) in [6.45, 7) is 1.94. The van der Waals surface area contributed by atoms with Crippen molar-refractivity contribution in [2.45, 2.75) is 6.92 Å². The van der Waals surface area contributed by atoms with Crippen molar-refractivity contribution in [1.82, 2.24) is 0 Å². The van der Waals surface area contributed by atoms with Gasteiger partial charge in [0, 0.05) is 11.6 Å². The molecule has 1 fully saturated rings. The van der Waals surface area contributed by atoms with Gasteiger partial charge < -0.3 is 9.15 Å². The zero-order valence-electron chi connectivity index (χ0n) is 16.2. The van der Waals surface area contributed by atoms with E-state index in [4.69, 9.17) is 21.4 Å². The van der Waals surface area contributed by atoms with E-state index >= 15 is 0 Å². The van der Waals surface area contributed by atoms with Gasteiger partial charge in [0.25, 0.3) is 5.91 Å². The normalized spacial score (nSPS) is 15.1. The predicted molar refractivity (Wildman–Crippen MR) is 122 cm³/mol. The van der Waals surface area contributed by atoms with E-state index in [1.54, 1.807) is 36.4 Å². The maximum absolute atomic E-state index is 13.0. The number of carbonyl (C=O) groups is 2. The molecule has 0 N–H and O–H groups in total. The Bertz CT molecular complexity index is 1200. The largest absolute Gasteiger partial charge is 0.465 e. The lowest BCUT2D eigenvalue weighted by Crippen LogP contribution is -2.28. The minimum Gasteiger partial charge on any atom is -0.465 e. The molecule has 2 heterocycles. The quantitative estimate of drug-likeness (QED) is 0.309. The maximum atomic E-state index is 13.0. The average molecular weight is 436 g/mol. The van der Waals surface area contributed by atoms with Crippen molar-refractivity contribution < 1.29 is 18.7 Å². The molecular formula is C23H17NO4S2. The van der Waals surface area contributed by atoms with Gasteiger partial charge in [-0.2, -0.15) is 0 Å². The molecule has 4 rings (SSSR count). The number of hydrogen-bond acceptors (Lipinski definition) is 6. The van der Waals surface area contributed by atoms with E-state index in [0.29, 0.717) is 31.9 Å². The summed E-state index contributed by atoms with van der Waals surface area (Å²) in [5.41, 5.74) is 2.77. The van der Waals surface area contributed by atoms with E-state index in [1.807, 2.05) is 37.3 Å². The number of aryl methyl sites for hydroxylation is 1. The van der Waals surface area contributed by atoms with Gasteiger partial charge in [-0.25, -0.2) is 4.79 Å². The van der Waals surface area contributed by atoms with Gasteiger partial charge in [-0.3, -0.25) is 9.69 Å². The lowest BCUT2D eigenvalue weighted by Gasteiger charge is -2.16. The van der Waals surface area contributed by atoms with Gasteiger partial charge in [0.05, 0.1) is 23.3 Å². The molecule has 0 aliphatic carbocycles. The van der Waals surface area contributed by atoms with Gasteiger partial charge in [-0.1, -0.05) is 60.4 Å². The first kappa shape index (κ1) is 20.1. The Morgan fingerprint density at radius 3 is 2.60 bits per heavy atom.